The minimum Gasteiger partial charge on any atom is -1.00 e. The molecule has 0 fully saturated rings. The van der Waals surface area contributed by atoms with Crippen molar-refractivity contribution in [3.63, 3.8) is 0 Å². The molecule has 1 aromatic heterocycles. The number of ketones is 1. The maximum absolute atomic E-state index is 12.8. The Morgan fingerprint density at radius 3 is 2.03 bits per heavy atom. The van der Waals surface area contributed by atoms with Crippen LogP contribution in [0.4, 0.5) is 11.4 Å². The molecule has 31 heavy (non-hydrogen) atoms. The Kier molecular flexibility index (Phi) is 8.39. The molecule has 0 N–H and O–H groups in total. The number of aromatic nitrogens is 2. The molecule has 0 amide bonds. The van der Waals surface area contributed by atoms with Crippen molar-refractivity contribution in [1.82, 2.24) is 4.57 Å². The van der Waals surface area contributed by atoms with E-state index in [1.807, 2.05) is 97.3 Å². The lowest BCUT2D eigenvalue weighted by Gasteiger charge is -2.12. The maximum atomic E-state index is 12.8. The Morgan fingerprint density at radius 1 is 0.968 bits per heavy atom. The Labute approximate surface area is 190 Å². The maximum Gasteiger partial charge on any atom is 0.282 e. The van der Waals surface area contributed by atoms with Gasteiger partial charge in [-0.3, -0.25) is 4.79 Å². The molecule has 0 aliphatic carbocycles. The molecule has 0 bridgehead atoms. The Balaban J connectivity index is 0.00000341. The topological polar surface area (TPSA) is 44.7 Å². The summed E-state index contributed by atoms with van der Waals surface area (Å²) < 4.78 is 3.80. The summed E-state index contributed by atoms with van der Waals surface area (Å²) >= 11 is 0. The van der Waals surface area contributed by atoms with Gasteiger partial charge in [-0.1, -0.05) is 24.2 Å². The molecule has 0 saturated carbocycles. The summed E-state index contributed by atoms with van der Waals surface area (Å²) in [4.78, 5) is 16.8. The molecule has 0 atom stereocenters. The first kappa shape index (κ1) is 24.2. The quantitative estimate of drug-likeness (QED) is 0.287. The Hall–Kier alpha value is -3.12. The SMILES string of the molecule is CCc1n(CC(=O)c2ccc(N(C)C)cc2)cc[n+]1/N=C/c1ccc(N(C)C)cc1.[Cl-]. The number of carbonyl (C=O) groups is 1. The standard InChI is InChI=1S/C24H30N5O.ClH/c1-6-24-28(18-23(30)20-9-13-22(14-10-20)27(4)5)15-16-29(24)25-17-19-7-11-21(12-8-19)26(2)3;/h7-17H,6,18H2,1-5H3;1H/q+1;/p-1/b25-17+;. The zero-order chi connectivity index (χ0) is 21.7. The molecule has 0 unspecified atom stereocenters. The van der Waals surface area contributed by atoms with Gasteiger partial charge in [-0.05, 0) is 42.0 Å². The van der Waals surface area contributed by atoms with Crippen molar-refractivity contribution in [3.05, 3.63) is 77.9 Å². The van der Waals surface area contributed by atoms with E-state index >= 15 is 0 Å². The average molecular weight is 440 g/mol. The van der Waals surface area contributed by atoms with Crippen LogP contribution in [0.3, 0.4) is 0 Å². The van der Waals surface area contributed by atoms with Crippen molar-refractivity contribution >= 4 is 23.4 Å². The van der Waals surface area contributed by atoms with Crippen molar-refractivity contribution in [3.8, 4) is 0 Å². The lowest BCUT2D eigenvalue weighted by Crippen LogP contribution is -3.00. The van der Waals surface area contributed by atoms with E-state index in [0.717, 1.165) is 29.2 Å². The molecule has 164 valence electrons. The molecule has 2 aromatic carbocycles. The van der Waals surface area contributed by atoms with Gasteiger partial charge < -0.3 is 22.2 Å². The number of hydrogen-bond acceptors (Lipinski definition) is 4. The predicted octanol–water partition coefficient (Wildman–Crippen LogP) is 0.239. The van der Waals surface area contributed by atoms with Gasteiger partial charge in [0.05, 0.1) is 6.21 Å². The fourth-order valence-electron chi connectivity index (χ4n) is 3.24. The lowest BCUT2D eigenvalue weighted by molar-refractivity contribution is -0.685. The molecule has 0 spiro atoms. The van der Waals surface area contributed by atoms with E-state index in [9.17, 15) is 4.79 Å². The minimum atomic E-state index is 0. The molecule has 0 radical (unpaired) electrons. The summed E-state index contributed by atoms with van der Waals surface area (Å²) in [6.45, 7) is 2.37. The van der Waals surface area contributed by atoms with Crippen molar-refractivity contribution in [2.75, 3.05) is 38.0 Å². The van der Waals surface area contributed by atoms with Gasteiger partial charge in [0.2, 0.25) is 5.78 Å². The average Bonchev–Trinajstić information content (AvgIpc) is 3.13. The van der Waals surface area contributed by atoms with Crippen LogP contribution in [-0.2, 0) is 13.0 Å². The number of carbonyl (C=O) groups excluding carboxylic acids is 1. The summed E-state index contributed by atoms with van der Waals surface area (Å²) in [5, 5.41) is 4.59. The zero-order valence-corrected chi connectivity index (χ0v) is 19.5. The number of rotatable bonds is 8. The number of nitrogens with zero attached hydrogens (tertiary/aromatic N) is 5. The van der Waals surface area contributed by atoms with E-state index < -0.39 is 0 Å². The largest absolute Gasteiger partial charge is 1.00 e. The summed E-state index contributed by atoms with van der Waals surface area (Å²) in [5.74, 6) is 1.07. The van der Waals surface area contributed by atoms with Gasteiger partial charge in [0.1, 0.15) is 6.20 Å². The molecular formula is C24H30ClN5O. The summed E-state index contributed by atoms with van der Waals surface area (Å²) in [7, 11) is 8.01. The van der Waals surface area contributed by atoms with E-state index in [2.05, 4.69) is 29.1 Å². The first-order valence-corrected chi connectivity index (χ1v) is 10.1. The lowest BCUT2D eigenvalue weighted by atomic mass is 10.1. The number of anilines is 2. The Morgan fingerprint density at radius 2 is 1.52 bits per heavy atom. The van der Waals surface area contributed by atoms with E-state index in [4.69, 9.17) is 0 Å². The van der Waals surface area contributed by atoms with Crippen LogP contribution in [0.25, 0.3) is 0 Å². The van der Waals surface area contributed by atoms with Crippen LogP contribution < -0.4 is 26.9 Å². The van der Waals surface area contributed by atoms with Gasteiger partial charge in [-0.2, -0.15) is 0 Å². The number of Topliss-reactive ketones (excluding diaryl/α,β-unsaturated/α-hetero) is 1. The van der Waals surface area contributed by atoms with E-state index in [1.54, 1.807) is 0 Å². The van der Waals surface area contributed by atoms with E-state index in [-0.39, 0.29) is 18.2 Å². The van der Waals surface area contributed by atoms with Crippen molar-refractivity contribution < 1.29 is 21.9 Å². The highest BCUT2D eigenvalue weighted by atomic mass is 35.5. The van der Waals surface area contributed by atoms with Crippen LogP contribution in [0.15, 0.2) is 66.0 Å². The van der Waals surface area contributed by atoms with Crippen molar-refractivity contribution in [1.29, 1.82) is 0 Å². The van der Waals surface area contributed by atoms with Gasteiger partial charge in [0.25, 0.3) is 5.82 Å². The van der Waals surface area contributed by atoms with Crippen LogP contribution in [0.1, 0.15) is 28.7 Å². The molecule has 0 aliphatic rings. The second-order valence-corrected chi connectivity index (χ2v) is 7.64. The molecule has 0 aliphatic heterocycles. The third-order valence-electron chi connectivity index (χ3n) is 5.06. The fourth-order valence-corrected chi connectivity index (χ4v) is 3.24. The highest BCUT2D eigenvalue weighted by Gasteiger charge is 2.18. The van der Waals surface area contributed by atoms with Crippen LogP contribution in [0, 0.1) is 0 Å². The summed E-state index contributed by atoms with van der Waals surface area (Å²) in [5.41, 5.74) is 3.97. The monoisotopic (exact) mass is 439 g/mol. The van der Waals surface area contributed by atoms with Gasteiger partial charge in [0.15, 0.2) is 12.7 Å². The molecule has 6 nitrogen and oxygen atoms in total. The van der Waals surface area contributed by atoms with Crippen LogP contribution >= 0.6 is 0 Å². The van der Waals surface area contributed by atoms with Crippen LogP contribution in [0.2, 0.25) is 0 Å². The van der Waals surface area contributed by atoms with Gasteiger partial charge in [0, 0.05) is 51.5 Å². The number of benzene rings is 2. The molecule has 3 rings (SSSR count). The predicted molar refractivity (Wildman–Crippen MR) is 123 cm³/mol. The third kappa shape index (κ3) is 5.95. The smallest absolute Gasteiger partial charge is 0.282 e. The van der Waals surface area contributed by atoms with Crippen molar-refractivity contribution in [2.45, 2.75) is 19.9 Å². The summed E-state index contributed by atoms with van der Waals surface area (Å²) in [6.07, 6.45) is 6.42. The Bertz CT molecular complexity index is 1020. The highest BCUT2D eigenvalue weighted by molar-refractivity contribution is 5.96. The second kappa shape index (κ2) is 10.8. The van der Waals surface area contributed by atoms with Crippen molar-refractivity contribution in [2.24, 2.45) is 5.10 Å². The summed E-state index contributed by atoms with van der Waals surface area (Å²) in [6, 6.07) is 15.9. The number of halogens is 1. The molecule has 0 saturated heterocycles. The first-order valence-electron chi connectivity index (χ1n) is 10.1. The highest BCUT2D eigenvalue weighted by Crippen LogP contribution is 2.14. The van der Waals surface area contributed by atoms with E-state index in [0.29, 0.717) is 12.1 Å². The molecular weight excluding hydrogens is 410 g/mol. The fraction of sp³-hybridized carbons (Fsp3) is 0.292. The minimum absolute atomic E-state index is 0. The number of imidazole rings is 1. The molecule has 3 aromatic rings. The van der Waals surface area contributed by atoms with Gasteiger partial charge in [-0.25, -0.2) is 4.57 Å². The van der Waals surface area contributed by atoms with Crippen LogP contribution in [-0.4, -0.2) is 44.8 Å². The van der Waals surface area contributed by atoms with Crippen LogP contribution in [0.5, 0.6) is 0 Å². The normalized spacial score (nSPS) is 10.7. The number of hydrogen-bond donors (Lipinski definition) is 0. The molecule has 1 heterocycles. The first-order chi connectivity index (χ1) is 14.4. The molecule has 7 heteroatoms. The van der Waals surface area contributed by atoms with Gasteiger partial charge in [-0.15, -0.1) is 4.68 Å². The second-order valence-electron chi connectivity index (χ2n) is 7.64. The van der Waals surface area contributed by atoms with Gasteiger partial charge >= 0.3 is 0 Å². The zero-order valence-electron chi connectivity index (χ0n) is 18.8. The van der Waals surface area contributed by atoms with E-state index in [1.165, 1.54) is 0 Å². The third-order valence-corrected chi connectivity index (χ3v) is 5.06.